The van der Waals surface area contributed by atoms with E-state index >= 15 is 0 Å². The maximum Gasteiger partial charge on any atom is 0.133 e. The number of ether oxygens (including phenoxy) is 1. The van der Waals surface area contributed by atoms with Gasteiger partial charge in [-0.3, -0.25) is 4.79 Å². The van der Waals surface area contributed by atoms with E-state index in [1.54, 1.807) is 0 Å². The minimum absolute atomic E-state index is 0.455. The molecular formula is C9H12O2. The van der Waals surface area contributed by atoms with Crippen molar-refractivity contribution in [2.75, 3.05) is 0 Å². The molecule has 2 heterocycles. The Morgan fingerprint density at radius 1 is 1.09 bits per heavy atom. The summed E-state index contributed by atoms with van der Waals surface area (Å²) in [4.78, 5) is 11.1. The molecule has 1 aliphatic carbocycles. The van der Waals surface area contributed by atoms with Crippen LogP contribution in [-0.4, -0.2) is 18.0 Å². The standard InChI is InChI=1S/C9H12O2/c10-5-3-6-7(4-5)9-2-1-8(6)11-9/h6-9H,1-4H2. The normalized spacial score (nSPS) is 53.6. The van der Waals surface area contributed by atoms with E-state index in [1.165, 1.54) is 12.8 Å². The fourth-order valence-corrected chi connectivity index (χ4v) is 3.05. The van der Waals surface area contributed by atoms with Crippen molar-refractivity contribution < 1.29 is 9.53 Å². The van der Waals surface area contributed by atoms with Crippen LogP contribution in [0, 0.1) is 11.8 Å². The van der Waals surface area contributed by atoms with Gasteiger partial charge in [-0.2, -0.15) is 0 Å². The quantitative estimate of drug-likeness (QED) is 0.520. The smallest absolute Gasteiger partial charge is 0.133 e. The molecule has 4 atom stereocenters. The molecule has 60 valence electrons. The molecule has 0 spiro atoms. The van der Waals surface area contributed by atoms with Gasteiger partial charge >= 0.3 is 0 Å². The zero-order valence-corrected chi connectivity index (χ0v) is 6.45. The van der Waals surface area contributed by atoms with E-state index in [1.807, 2.05) is 0 Å². The average Bonchev–Trinajstić information content (AvgIpc) is 2.53. The third-order valence-corrected chi connectivity index (χ3v) is 3.52. The van der Waals surface area contributed by atoms with E-state index in [2.05, 4.69) is 0 Å². The Balaban J connectivity index is 1.92. The molecule has 1 saturated carbocycles. The van der Waals surface area contributed by atoms with Crippen molar-refractivity contribution in [2.24, 2.45) is 11.8 Å². The Kier molecular flexibility index (Phi) is 1.05. The van der Waals surface area contributed by atoms with Crippen LogP contribution in [0.2, 0.25) is 0 Å². The summed E-state index contributed by atoms with van der Waals surface area (Å²) in [6, 6.07) is 0. The van der Waals surface area contributed by atoms with Crippen LogP contribution in [0.4, 0.5) is 0 Å². The van der Waals surface area contributed by atoms with E-state index in [9.17, 15) is 4.79 Å². The van der Waals surface area contributed by atoms with Gasteiger partial charge in [0, 0.05) is 12.8 Å². The average molecular weight is 152 g/mol. The van der Waals surface area contributed by atoms with Crippen molar-refractivity contribution in [3.63, 3.8) is 0 Å². The van der Waals surface area contributed by atoms with Gasteiger partial charge in [0.25, 0.3) is 0 Å². The van der Waals surface area contributed by atoms with E-state index < -0.39 is 0 Å². The summed E-state index contributed by atoms with van der Waals surface area (Å²) in [5.74, 6) is 1.70. The molecule has 3 rings (SSSR count). The number of hydrogen-bond donors (Lipinski definition) is 0. The maximum atomic E-state index is 11.1. The Morgan fingerprint density at radius 3 is 2.18 bits per heavy atom. The van der Waals surface area contributed by atoms with Crippen LogP contribution in [-0.2, 0) is 9.53 Å². The maximum absolute atomic E-state index is 11.1. The summed E-state index contributed by atoms with van der Waals surface area (Å²) >= 11 is 0. The third-order valence-electron chi connectivity index (χ3n) is 3.52. The van der Waals surface area contributed by atoms with Crippen LogP contribution >= 0.6 is 0 Å². The van der Waals surface area contributed by atoms with Crippen molar-refractivity contribution >= 4 is 5.78 Å². The molecule has 0 N–H and O–H groups in total. The third kappa shape index (κ3) is 0.684. The fourth-order valence-electron chi connectivity index (χ4n) is 3.05. The summed E-state index contributed by atoms with van der Waals surface area (Å²) in [7, 11) is 0. The van der Waals surface area contributed by atoms with E-state index in [-0.39, 0.29) is 0 Å². The van der Waals surface area contributed by atoms with Crippen molar-refractivity contribution in [3.05, 3.63) is 0 Å². The second-order valence-electron chi connectivity index (χ2n) is 4.06. The summed E-state index contributed by atoms with van der Waals surface area (Å²) in [5.41, 5.74) is 0. The largest absolute Gasteiger partial charge is 0.374 e. The summed E-state index contributed by atoms with van der Waals surface area (Å²) in [6.45, 7) is 0. The Hall–Kier alpha value is -0.370. The SMILES string of the molecule is O=C1CC2C3CCC(O3)C2C1. The van der Waals surface area contributed by atoms with Gasteiger partial charge in [-0.15, -0.1) is 0 Å². The van der Waals surface area contributed by atoms with Crippen molar-refractivity contribution in [2.45, 2.75) is 37.9 Å². The summed E-state index contributed by atoms with van der Waals surface area (Å²) in [6.07, 6.45) is 4.95. The summed E-state index contributed by atoms with van der Waals surface area (Å²) < 4.78 is 5.74. The molecule has 2 bridgehead atoms. The minimum Gasteiger partial charge on any atom is -0.374 e. The van der Waals surface area contributed by atoms with E-state index in [4.69, 9.17) is 4.74 Å². The Bertz CT molecular complexity index is 192. The van der Waals surface area contributed by atoms with E-state index in [0.29, 0.717) is 29.8 Å². The van der Waals surface area contributed by atoms with Crippen LogP contribution in [0.3, 0.4) is 0 Å². The number of hydrogen-bond acceptors (Lipinski definition) is 2. The topological polar surface area (TPSA) is 26.3 Å². The molecule has 0 radical (unpaired) electrons. The molecule has 2 heteroatoms. The van der Waals surface area contributed by atoms with Crippen LogP contribution < -0.4 is 0 Å². The van der Waals surface area contributed by atoms with Gasteiger partial charge in [0.2, 0.25) is 0 Å². The minimum atomic E-state index is 0.455. The molecule has 0 amide bonds. The molecular weight excluding hydrogens is 140 g/mol. The molecule has 2 nitrogen and oxygen atoms in total. The lowest BCUT2D eigenvalue weighted by Gasteiger charge is -2.18. The highest BCUT2D eigenvalue weighted by Gasteiger charge is 2.52. The fraction of sp³-hybridized carbons (Fsp3) is 0.889. The Morgan fingerprint density at radius 2 is 1.64 bits per heavy atom. The number of Topliss-reactive ketones (excluding diaryl/α,β-unsaturated/α-hetero) is 1. The zero-order chi connectivity index (χ0) is 7.42. The lowest BCUT2D eigenvalue weighted by Crippen LogP contribution is -2.21. The highest BCUT2D eigenvalue weighted by molar-refractivity contribution is 5.81. The van der Waals surface area contributed by atoms with Gasteiger partial charge in [0.05, 0.1) is 12.2 Å². The zero-order valence-electron chi connectivity index (χ0n) is 6.45. The first kappa shape index (κ1) is 6.18. The van der Waals surface area contributed by atoms with E-state index in [0.717, 1.165) is 12.8 Å². The number of rotatable bonds is 0. The first-order valence-corrected chi connectivity index (χ1v) is 4.52. The second-order valence-corrected chi connectivity index (χ2v) is 4.06. The highest BCUT2D eigenvalue weighted by Crippen LogP contribution is 2.50. The second kappa shape index (κ2) is 1.86. The molecule has 0 aromatic rings. The van der Waals surface area contributed by atoms with Crippen LogP contribution in [0.5, 0.6) is 0 Å². The van der Waals surface area contributed by atoms with Gasteiger partial charge in [0.15, 0.2) is 0 Å². The first-order valence-electron chi connectivity index (χ1n) is 4.52. The van der Waals surface area contributed by atoms with Gasteiger partial charge in [-0.25, -0.2) is 0 Å². The molecule has 3 aliphatic rings. The van der Waals surface area contributed by atoms with Gasteiger partial charge < -0.3 is 4.74 Å². The van der Waals surface area contributed by atoms with Gasteiger partial charge in [0.1, 0.15) is 5.78 Å². The van der Waals surface area contributed by atoms with Crippen molar-refractivity contribution in [1.82, 2.24) is 0 Å². The predicted molar refractivity (Wildman–Crippen MR) is 39.1 cm³/mol. The lowest BCUT2D eigenvalue weighted by molar-refractivity contribution is -0.118. The molecule has 2 aliphatic heterocycles. The molecule has 0 aromatic carbocycles. The monoisotopic (exact) mass is 152 g/mol. The molecule has 0 aromatic heterocycles. The first-order chi connectivity index (χ1) is 5.34. The molecule has 11 heavy (non-hydrogen) atoms. The predicted octanol–water partition coefficient (Wildman–Crippen LogP) is 1.14. The Labute approximate surface area is 65.9 Å². The van der Waals surface area contributed by atoms with Crippen LogP contribution in [0.1, 0.15) is 25.7 Å². The lowest BCUT2D eigenvalue weighted by atomic mass is 9.82. The molecule has 4 unspecified atom stereocenters. The number of ketones is 1. The number of carbonyl (C=O) groups excluding carboxylic acids is 1. The van der Waals surface area contributed by atoms with Crippen molar-refractivity contribution in [3.8, 4) is 0 Å². The molecule has 3 fully saturated rings. The highest BCUT2D eigenvalue weighted by atomic mass is 16.5. The van der Waals surface area contributed by atoms with Crippen LogP contribution in [0.25, 0.3) is 0 Å². The molecule has 2 saturated heterocycles. The number of carbonyl (C=O) groups is 1. The van der Waals surface area contributed by atoms with Gasteiger partial charge in [-0.1, -0.05) is 0 Å². The summed E-state index contributed by atoms with van der Waals surface area (Å²) in [5, 5.41) is 0. The van der Waals surface area contributed by atoms with Crippen molar-refractivity contribution in [1.29, 1.82) is 0 Å². The number of fused-ring (bicyclic) bond motifs is 5. The van der Waals surface area contributed by atoms with Crippen LogP contribution in [0.15, 0.2) is 0 Å². The van der Waals surface area contributed by atoms with Gasteiger partial charge in [-0.05, 0) is 24.7 Å².